The van der Waals surface area contributed by atoms with Gasteiger partial charge in [0.15, 0.2) is 10.6 Å². The first-order valence-corrected chi connectivity index (χ1v) is 9.89. The second kappa shape index (κ2) is 7.19. The molecule has 0 aliphatic heterocycles. The van der Waals surface area contributed by atoms with Crippen LogP contribution in [0.4, 0.5) is 0 Å². The molecule has 0 amide bonds. The minimum atomic E-state index is 0.653. The summed E-state index contributed by atoms with van der Waals surface area (Å²) in [4.78, 5) is 7.98. The maximum Gasteiger partial charge on any atom is 0.199 e. The van der Waals surface area contributed by atoms with Crippen LogP contribution < -0.4 is 0 Å². The summed E-state index contributed by atoms with van der Waals surface area (Å²) in [6, 6.07) is 8.94. The minimum absolute atomic E-state index is 0.653. The van der Waals surface area contributed by atoms with Crippen molar-refractivity contribution < 1.29 is 0 Å². The zero-order chi connectivity index (χ0) is 17.2. The predicted molar refractivity (Wildman–Crippen MR) is 103 cm³/mol. The summed E-state index contributed by atoms with van der Waals surface area (Å²) in [6.45, 7) is 4.63. The summed E-state index contributed by atoms with van der Waals surface area (Å²) in [5, 5.41) is 6.98. The van der Waals surface area contributed by atoms with E-state index in [1.807, 2.05) is 28.2 Å². The van der Waals surface area contributed by atoms with Gasteiger partial charge in [-0.1, -0.05) is 6.07 Å². The molecule has 3 aromatic heterocycles. The van der Waals surface area contributed by atoms with Crippen LogP contribution in [-0.2, 0) is 19.8 Å². The van der Waals surface area contributed by atoms with Crippen molar-refractivity contribution in [3.8, 4) is 11.4 Å². The van der Waals surface area contributed by atoms with E-state index in [1.54, 1.807) is 12.4 Å². The Morgan fingerprint density at radius 3 is 2.72 bits per heavy atom. The SMILES string of the molecule is CCn1c(-c2ccncc2)nn(CN(Cc2cccs2)C2CC2)c1=S. The zero-order valence-corrected chi connectivity index (χ0v) is 15.8. The van der Waals surface area contributed by atoms with Crippen LogP contribution in [0.3, 0.4) is 0 Å². The molecule has 130 valence electrons. The van der Waals surface area contributed by atoms with E-state index in [-0.39, 0.29) is 0 Å². The Balaban J connectivity index is 1.63. The van der Waals surface area contributed by atoms with Gasteiger partial charge in [0.2, 0.25) is 0 Å². The molecule has 1 fully saturated rings. The standard InChI is InChI=1S/C18H21N5S2/c1-2-22-17(14-7-9-19-10-8-14)20-23(18(22)24)13-21(15-5-6-15)12-16-4-3-11-25-16/h3-4,7-11,15H,2,5-6,12-13H2,1H3. The van der Waals surface area contributed by atoms with Crippen molar-refractivity contribution in [2.24, 2.45) is 0 Å². The summed E-state index contributed by atoms with van der Waals surface area (Å²) in [7, 11) is 0. The lowest BCUT2D eigenvalue weighted by Crippen LogP contribution is -2.28. The Labute approximate surface area is 156 Å². The monoisotopic (exact) mass is 371 g/mol. The van der Waals surface area contributed by atoms with Crippen molar-refractivity contribution in [3.63, 3.8) is 0 Å². The second-order valence-corrected chi connectivity index (χ2v) is 7.68. The zero-order valence-electron chi connectivity index (χ0n) is 14.2. The molecule has 0 bridgehead atoms. The molecular weight excluding hydrogens is 350 g/mol. The highest BCUT2D eigenvalue weighted by Crippen LogP contribution is 2.30. The molecule has 3 aromatic rings. The average Bonchev–Trinajstić information content (AvgIpc) is 3.28. The van der Waals surface area contributed by atoms with Gasteiger partial charge in [-0.05, 0) is 55.6 Å². The highest BCUT2D eigenvalue weighted by Gasteiger charge is 2.30. The number of pyridine rings is 1. The van der Waals surface area contributed by atoms with E-state index >= 15 is 0 Å². The van der Waals surface area contributed by atoms with Gasteiger partial charge >= 0.3 is 0 Å². The molecule has 4 rings (SSSR count). The van der Waals surface area contributed by atoms with Crippen LogP contribution in [0.2, 0.25) is 0 Å². The number of hydrogen-bond acceptors (Lipinski definition) is 5. The normalized spacial score (nSPS) is 14.3. The van der Waals surface area contributed by atoms with E-state index < -0.39 is 0 Å². The molecule has 1 aliphatic rings. The molecule has 0 N–H and O–H groups in total. The number of thiophene rings is 1. The van der Waals surface area contributed by atoms with E-state index in [1.165, 1.54) is 17.7 Å². The van der Waals surface area contributed by atoms with Gasteiger partial charge in [-0.15, -0.1) is 11.3 Å². The quantitative estimate of drug-likeness (QED) is 0.584. The molecule has 1 aliphatic carbocycles. The van der Waals surface area contributed by atoms with Gasteiger partial charge in [0.05, 0.1) is 6.67 Å². The average molecular weight is 372 g/mol. The summed E-state index contributed by atoms with van der Waals surface area (Å²) in [6.07, 6.45) is 6.13. The molecule has 0 atom stereocenters. The maximum atomic E-state index is 5.71. The largest absolute Gasteiger partial charge is 0.300 e. The van der Waals surface area contributed by atoms with Crippen LogP contribution in [0, 0.1) is 4.77 Å². The molecule has 0 saturated heterocycles. The van der Waals surface area contributed by atoms with Crippen LogP contribution >= 0.6 is 23.6 Å². The smallest absolute Gasteiger partial charge is 0.199 e. The molecule has 1 saturated carbocycles. The van der Waals surface area contributed by atoms with Crippen molar-refractivity contribution in [2.45, 2.75) is 45.6 Å². The van der Waals surface area contributed by atoms with Gasteiger partial charge in [-0.25, -0.2) is 4.68 Å². The fourth-order valence-corrected chi connectivity index (χ4v) is 4.09. The Bertz CT molecular complexity index is 878. The van der Waals surface area contributed by atoms with Crippen molar-refractivity contribution in [1.82, 2.24) is 24.2 Å². The summed E-state index contributed by atoms with van der Waals surface area (Å²) >= 11 is 7.52. The predicted octanol–water partition coefficient (Wildman–Crippen LogP) is 4.18. The minimum Gasteiger partial charge on any atom is -0.300 e. The van der Waals surface area contributed by atoms with Gasteiger partial charge < -0.3 is 4.57 Å². The van der Waals surface area contributed by atoms with Crippen LogP contribution in [0.1, 0.15) is 24.6 Å². The van der Waals surface area contributed by atoms with Gasteiger partial charge in [0.25, 0.3) is 0 Å². The number of hydrogen-bond donors (Lipinski definition) is 0. The highest BCUT2D eigenvalue weighted by atomic mass is 32.1. The van der Waals surface area contributed by atoms with E-state index in [0.717, 1.165) is 35.9 Å². The maximum absolute atomic E-state index is 5.71. The van der Waals surface area contributed by atoms with Gasteiger partial charge in [-0.2, -0.15) is 5.10 Å². The fourth-order valence-electron chi connectivity index (χ4n) is 3.04. The topological polar surface area (TPSA) is 38.9 Å². The molecular formula is C18H21N5S2. The van der Waals surface area contributed by atoms with E-state index in [2.05, 4.69) is 38.9 Å². The lowest BCUT2D eigenvalue weighted by Gasteiger charge is -2.20. The Morgan fingerprint density at radius 2 is 2.08 bits per heavy atom. The van der Waals surface area contributed by atoms with Gasteiger partial charge in [0, 0.05) is 42.0 Å². The van der Waals surface area contributed by atoms with Crippen molar-refractivity contribution in [1.29, 1.82) is 0 Å². The van der Waals surface area contributed by atoms with Gasteiger partial charge in [-0.3, -0.25) is 9.88 Å². The van der Waals surface area contributed by atoms with E-state index in [4.69, 9.17) is 17.3 Å². The first-order valence-electron chi connectivity index (χ1n) is 8.60. The Kier molecular flexibility index (Phi) is 4.78. The number of rotatable bonds is 7. The van der Waals surface area contributed by atoms with Crippen LogP contribution in [-0.4, -0.2) is 30.3 Å². The molecule has 7 heteroatoms. The first kappa shape index (κ1) is 16.6. The summed E-state index contributed by atoms with van der Waals surface area (Å²) in [5.41, 5.74) is 1.05. The number of aromatic nitrogens is 4. The van der Waals surface area contributed by atoms with E-state index in [9.17, 15) is 0 Å². The van der Waals surface area contributed by atoms with Crippen molar-refractivity contribution in [3.05, 3.63) is 51.7 Å². The lowest BCUT2D eigenvalue weighted by atomic mass is 10.2. The van der Waals surface area contributed by atoms with Crippen molar-refractivity contribution in [2.75, 3.05) is 0 Å². The second-order valence-electron chi connectivity index (χ2n) is 6.28. The van der Waals surface area contributed by atoms with E-state index in [0.29, 0.717) is 6.04 Å². The molecule has 0 spiro atoms. The molecule has 25 heavy (non-hydrogen) atoms. The third kappa shape index (κ3) is 3.58. The fraction of sp³-hybridized carbons (Fsp3) is 0.389. The number of nitrogens with zero attached hydrogens (tertiary/aromatic N) is 5. The Morgan fingerprint density at radius 1 is 1.28 bits per heavy atom. The van der Waals surface area contributed by atoms with Crippen LogP contribution in [0.5, 0.6) is 0 Å². The van der Waals surface area contributed by atoms with Crippen LogP contribution in [0.25, 0.3) is 11.4 Å². The third-order valence-electron chi connectivity index (χ3n) is 4.50. The van der Waals surface area contributed by atoms with Crippen LogP contribution in [0.15, 0.2) is 42.0 Å². The molecule has 5 nitrogen and oxygen atoms in total. The van der Waals surface area contributed by atoms with Gasteiger partial charge in [0.1, 0.15) is 0 Å². The Hall–Kier alpha value is -1.83. The molecule has 0 radical (unpaired) electrons. The molecule has 3 heterocycles. The molecule has 0 aromatic carbocycles. The molecule has 0 unspecified atom stereocenters. The summed E-state index contributed by atoms with van der Waals surface area (Å²) in [5.74, 6) is 0.918. The highest BCUT2D eigenvalue weighted by molar-refractivity contribution is 7.71. The third-order valence-corrected chi connectivity index (χ3v) is 5.79. The lowest BCUT2D eigenvalue weighted by molar-refractivity contribution is 0.188. The summed E-state index contributed by atoms with van der Waals surface area (Å²) < 4.78 is 4.85. The van der Waals surface area contributed by atoms with Crippen molar-refractivity contribution >= 4 is 23.6 Å². The first-order chi connectivity index (χ1) is 12.3.